The van der Waals surface area contributed by atoms with E-state index in [1.165, 1.54) is 12.1 Å². The zero-order valence-corrected chi connectivity index (χ0v) is 40.3. The number of aliphatic hydroxyl groups is 2. The summed E-state index contributed by atoms with van der Waals surface area (Å²) < 4.78 is 38.8. The van der Waals surface area contributed by atoms with Crippen LogP contribution in [0.4, 0.5) is 10.5 Å². The molecule has 2 heterocycles. The molecule has 0 saturated heterocycles. The second-order valence-electron chi connectivity index (χ2n) is 18.6. The van der Waals surface area contributed by atoms with E-state index in [2.05, 4.69) is 37.4 Å². The monoisotopic (exact) mass is 979 g/mol. The molecule has 376 valence electrons. The summed E-state index contributed by atoms with van der Waals surface area (Å²) in [5.74, 6) is 0.406. The fraction of sp³-hybridized carbons (Fsp3) is 0.368. The lowest BCUT2D eigenvalue weighted by molar-refractivity contribution is -0.384. The molecule has 2 aliphatic carbocycles. The first-order chi connectivity index (χ1) is 35.2. The van der Waals surface area contributed by atoms with Crippen molar-refractivity contribution in [3.63, 3.8) is 0 Å². The number of amides is 1. The molecule has 2 N–H and O–H groups in total. The lowest BCUT2D eigenvalue weighted by atomic mass is 9.55. The Morgan fingerprint density at radius 2 is 1.58 bits per heavy atom. The summed E-state index contributed by atoms with van der Waals surface area (Å²) in [7, 11) is 0. The third-order valence-corrected chi connectivity index (χ3v) is 14.1. The predicted octanol–water partition coefficient (Wildman–Crippen LogP) is 11.3. The summed E-state index contributed by atoms with van der Waals surface area (Å²) >= 11 is 0. The van der Waals surface area contributed by atoms with Gasteiger partial charge in [0.15, 0.2) is 11.5 Å². The highest BCUT2D eigenvalue weighted by Gasteiger charge is 2.66. The number of nitro benzene ring substituents is 1. The minimum absolute atomic E-state index is 0.00860. The van der Waals surface area contributed by atoms with Crippen LogP contribution in [0.3, 0.4) is 0 Å². The third kappa shape index (κ3) is 10.7. The third-order valence-electron chi connectivity index (χ3n) is 14.1. The minimum atomic E-state index is -1.57. The first kappa shape index (κ1) is 49.8. The molecule has 6 atom stereocenters. The number of rotatable bonds is 23. The Bertz CT molecular complexity index is 2810. The van der Waals surface area contributed by atoms with E-state index in [-0.39, 0.29) is 76.2 Å². The highest BCUT2D eigenvalue weighted by molar-refractivity contribution is 6.03. The Kier molecular flexibility index (Phi) is 15.8. The van der Waals surface area contributed by atoms with Gasteiger partial charge in [0.25, 0.3) is 5.69 Å². The van der Waals surface area contributed by atoms with Crippen LogP contribution in [0.15, 0.2) is 145 Å². The molecule has 4 aliphatic rings. The number of oxime groups is 1. The van der Waals surface area contributed by atoms with Crippen molar-refractivity contribution in [1.82, 2.24) is 4.90 Å². The molecule has 5 aromatic rings. The van der Waals surface area contributed by atoms with Gasteiger partial charge in [0.2, 0.25) is 12.6 Å². The van der Waals surface area contributed by atoms with Gasteiger partial charge < -0.3 is 43.5 Å². The number of nitrogens with zero attached hydrogens (tertiary/aromatic N) is 3. The molecule has 15 heteroatoms. The Morgan fingerprint density at radius 3 is 2.36 bits per heavy atom. The van der Waals surface area contributed by atoms with Crippen LogP contribution in [0.25, 0.3) is 10.8 Å². The highest BCUT2D eigenvalue weighted by Crippen LogP contribution is 2.62. The van der Waals surface area contributed by atoms with E-state index in [9.17, 15) is 25.1 Å². The molecule has 15 nitrogen and oxygen atoms in total. The van der Waals surface area contributed by atoms with Crippen LogP contribution in [0.5, 0.6) is 28.7 Å². The van der Waals surface area contributed by atoms with E-state index in [1.807, 2.05) is 60.7 Å². The molecular formula is C57H61N3O12. The van der Waals surface area contributed by atoms with Crippen LogP contribution in [-0.2, 0) is 27.5 Å². The molecule has 1 amide bonds. The number of hydrogen-bond acceptors (Lipinski definition) is 13. The number of carbonyl (C=O) groups is 1. The number of benzene rings is 5. The molecule has 1 saturated carbocycles. The van der Waals surface area contributed by atoms with E-state index in [4.69, 9.17) is 38.4 Å². The van der Waals surface area contributed by atoms with Crippen LogP contribution in [-0.4, -0.2) is 76.9 Å². The zero-order chi connectivity index (χ0) is 50.0. The van der Waals surface area contributed by atoms with Crippen molar-refractivity contribution >= 4 is 28.3 Å². The van der Waals surface area contributed by atoms with Gasteiger partial charge >= 0.3 is 6.09 Å². The Hall–Kier alpha value is -7.20. The number of non-ortho nitro benzene ring substituents is 1. The van der Waals surface area contributed by atoms with E-state index >= 15 is 0 Å². The number of aliphatic hydroxyl groups excluding tert-OH is 2. The highest BCUT2D eigenvalue weighted by atomic mass is 16.7. The number of nitro groups is 1. The lowest BCUT2D eigenvalue weighted by Crippen LogP contribution is -2.70. The maximum absolute atomic E-state index is 14.9. The number of ether oxygens (including phenoxy) is 6. The number of fused-ring (bicyclic) bond motifs is 4. The van der Waals surface area contributed by atoms with Gasteiger partial charge in [0.1, 0.15) is 29.9 Å². The predicted molar refractivity (Wildman–Crippen MR) is 271 cm³/mol. The molecule has 2 aliphatic heterocycles. The smallest absolute Gasteiger partial charge is 0.410 e. The van der Waals surface area contributed by atoms with Crippen molar-refractivity contribution < 1.29 is 53.2 Å². The molecule has 0 bridgehead atoms. The SMILES string of the molecule is C=CCCOC(=O)N(Cc1ccc2c(c1)OCO2)C1CC(=NOCc2ccc([N+](=O)[O-])cc2)C2=CC(CCCCO)C(CCCCO)C3c4cc(Oc5ccc6ccccc6c5)ccc4OC1(OCC=C)C23. The molecule has 0 aromatic heterocycles. The average molecular weight is 980 g/mol. The number of allylic oxidation sites excluding steroid dienone is 1. The van der Waals surface area contributed by atoms with Gasteiger partial charge in [-0.25, -0.2) is 4.79 Å². The quantitative estimate of drug-likeness (QED) is 0.0274. The summed E-state index contributed by atoms with van der Waals surface area (Å²) in [6.45, 7) is 8.29. The first-order valence-electron chi connectivity index (χ1n) is 24.8. The van der Waals surface area contributed by atoms with Gasteiger partial charge in [-0.2, -0.15) is 0 Å². The standard InChI is InChI=1S/C57H61N3O12/c1-3-5-29-66-56(63)59(35-39-18-24-51-52(30-39)68-37-67-51)53-34-49(58-70-36-38-16-20-43(21-17-38)60(64)65)47-32-42(14-8-10-26-61)46(15-9-11-27-62)54-48-33-45(71-44-22-19-40-12-6-7-13-41(40)31-44)23-25-50(48)72-57(53,55(47)54)69-28-4-2/h3-4,6-7,12-13,16-25,30-33,42,46,53-55,61-62H,1-2,5,8-11,14-15,26-29,34-37H2. The second kappa shape index (κ2) is 22.9. The van der Waals surface area contributed by atoms with Crippen molar-refractivity contribution in [3.05, 3.63) is 167 Å². The summed E-state index contributed by atoms with van der Waals surface area (Å²) in [6.07, 6.45) is 9.77. The lowest BCUT2D eigenvalue weighted by Gasteiger charge is -2.59. The van der Waals surface area contributed by atoms with Crippen molar-refractivity contribution in [3.8, 4) is 28.7 Å². The zero-order valence-electron chi connectivity index (χ0n) is 40.3. The van der Waals surface area contributed by atoms with Crippen molar-refractivity contribution in [2.24, 2.45) is 22.9 Å². The molecular weight excluding hydrogens is 919 g/mol. The van der Waals surface area contributed by atoms with Gasteiger partial charge in [-0.15, -0.1) is 13.2 Å². The topological polar surface area (TPSA) is 181 Å². The van der Waals surface area contributed by atoms with E-state index in [0.717, 1.165) is 53.2 Å². The average Bonchev–Trinajstić information content (AvgIpc) is 3.87. The molecule has 0 radical (unpaired) electrons. The van der Waals surface area contributed by atoms with Gasteiger partial charge in [0, 0.05) is 49.8 Å². The van der Waals surface area contributed by atoms with Gasteiger partial charge in [-0.1, -0.05) is 72.6 Å². The fourth-order valence-corrected chi connectivity index (χ4v) is 10.8. The summed E-state index contributed by atoms with van der Waals surface area (Å²) in [4.78, 5) is 33.9. The van der Waals surface area contributed by atoms with Gasteiger partial charge in [0.05, 0.1) is 29.8 Å². The van der Waals surface area contributed by atoms with Crippen LogP contribution >= 0.6 is 0 Å². The van der Waals surface area contributed by atoms with E-state index < -0.39 is 28.8 Å². The number of hydrogen-bond donors (Lipinski definition) is 2. The van der Waals surface area contributed by atoms with Crippen LogP contribution in [0, 0.1) is 27.9 Å². The summed E-state index contributed by atoms with van der Waals surface area (Å²) in [6, 6.07) is 30.8. The van der Waals surface area contributed by atoms with E-state index in [0.29, 0.717) is 59.3 Å². The summed E-state index contributed by atoms with van der Waals surface area (Å²) in [5, 5.41) is 38.7. The van der Waals surface area contributed by atoms with Gasteiger partial charge in [-0.3, -0.25) is 15.0 Å². The van der Waals surface area contributed by atoms with Crippen LogP contribution in [0.2, 0.25) is 0 Å². The van der Waals surface area contributed by atoms with Gasteiger partial charge in [-0.05, 0) is 126 Å². The van der Waals surface area contributed by atoms with Crippen molar-refractivity contribution in [2.45, 2.75) is 82.3 Å². The van der Waals surface area contributed by atoms with E-state index in [1.54, 1.807) is 29.2 Å². The maximum Gasteiger partial charge on any atom is 0.410 e. The van der Waals surface area contributed by atoms with Crippen molar-refractivity contribution in [2.75, 3.05) is 33.2 Å². The minimum Gasteiger partial charge on any atom is -0.459 e. The first-order valence-corrected chi connectivity index (χ1v) is 24.8. The molecule has 6 unspecified atom stereocenters. The largest absolute Gasteiger partial charge is 0.459 e. The molecule has 72 heavy (non-hydrogen) atoms. The maximum atomic E-state index is 14.9. The normalized spacial score (nSPS) is 21.9. The van der Waals surface area contributed by atoms with Crippen molar-refractivity contribution in [1.29, 1.82) is 0 Å². The molecule has 5 aromatic carbocycles. The van der Waals surface area contributed by atoms with Crippen LogP contribution < -0.4 is 18.9 Å². The molecule has 0 spiro atoms. The Morgan fingerprint density at radius 1 is 0.847 bits per heavy atom. The Labute approximate surface area is 419 Å². The molecule has 1 fully saturated rings. The summed E-state index contributed by atoms with van der Waals surface area (Å²) in [5.41, 5.74) is 3.68. The fourth-order valence-electron chi connectivity index (χ4n) is 10.8. The Balaban J connectivity index is 1.23. The van der Waals surface area contributed by atoms with Crippen LogP contribution in [0.1, 0.15) is 74.0 Å². The second-order valence-corrected chi connectivity index (χ2v) is 18.6. The molecule has 9 rings (SSSR count). The number of unbranched alkanes of at least 4 members (excludes halogenated alkanes) is 2. The number of carbonyl (C=O) groups excluding carboxylic acids is 1.